The summed E-state index contributed by atoms with van der Waals surface area (Å²) in [5, 5.41) is 8.83. The van der Waals surface area contributed by atoms with Crippen LogP contribution < -0.4 is 0 Å². The Balaban J connectivity index is 1.80. The summed E-state index contributed by atoms with van der Waals surface area (Å²) < 4.78 is 0. The van der Waals surface area contributed by atoms with Crippen LogP contribution in [0.15, 0.2) is 0 Å². The van der Waals surface area contributed by atoms with Crippen LogP contribution >= 0.6 is 0 Å². The smallest absolute Gasteiger partial charge is 0.306 e. The molecule has 84 valence electrons. The van der Waals surface area contributed by atoms with E-state index >= 15 is 0 Å². The fourth-order valence-corrected chi connectivity index (χ4v) is 2.66. The van der Waals surface area contributed by atoms with Crippen LogP contribution in [0.5, 0.6) is 0 Å². The van der Waals surface area contributed by atoms with E-state index in [0.29, 0.717) is 11.8 Å². The van der Waals surface area contributed by atoms with Gasteiger partial charge in [-0.25, -0.2) is 0 Å². The molecule has 1 amide bonds. The maximum atomic E-state index is 11.1. The Morgan fingerprint density at radius 1 is 1.27 bits per heavy atom. The van der Waals surface area contributed by atoms with E-state index in [-0.39, 0.29) is 11.8 Å². The van der Waals surface area contributed by atoms with Gasteiger partial charge in [-0.15, -0.1) is 0 Å². The minimum Gasteiger partial charge on any atom is -0.481 e. The minimum atomic E-state index is -0.644. The third-order valence-electron chi connectivity index (χ3n) is 3.75. The zero-order chi connectivity index (χ0) is 11.0. The molecule has 0 radical (unpaired) electrons. The molecule has 1 aliphatic heterocycles. The van der Waals surface area contributed by atoms with Gasteiger partial charge < -0.3 is 10.0 Å². The Labute approximate surface area is 89.3 Å². The zero-order valence-corrected chi connectivity index (χ0v) is 8.98. The van der Waals surface area contributed by atoms with E-state index in [1.807, 2.05) is 4.90 Å². The largest absolute Gasteiger partial charge is 0.481 e. The van der Waals surface area contributed by atoms with Gasteiger partial charge >= 0.3 is 5.97 Å². The summed E-state index contributed by atoms with van der Waals surface area (Å²) in [4.78, 5) is 23.7. The number of carbonyl (C=O) groups excluding carboxylic acids is 1. The first-order valence-electron chi connectivity index (χ1n) is 5.58. The summed E-state index contributed by atoms with van der Waals surface area (Å²) in [5.41, 5.74) is 0. The van der Waals surface area contributed by atoms with Crippen molar-refractivity contribution < 1.29 is 14.7 Å². The van der Waals surface area contributed by atoms with Crippen LogP contribution in [-0.2, 0) is 9.59 Å². The number of likely N-dealkylation sites (tertiary alicyclic amines) is 1. The predicted molar refractivity (Wildman–Crippen MR) is 54.2 cm³/mol. The lowest BCUT2D eigenvalue weighted by atomic mass is 9.91. The van der Waals surface area contributed by atoms with E-state index in [4.69, 9.17) is 5.11 Å². The normalized spacial score (nSPS) is 31.4. The summed E-state index contributed by atoms with van der Waals surface area (Å²) in [6, 6.07) is 0. The van der Waals surface area contributed by atoms with Crippen molar-refractivity contribution in [2.45, 2.75) is 26.2 Å². The second-order valence-electron chi connectivity index (χ2n) is 4.69. The fraction of sp³-hybridized carbons (Fsp3) is 0.818. The maximum Gasteiger partial charge on any atom is 0.306 e. The van der Waals surface area contributed by atoms with E-state index < -0.39 is 5.97 Å². The second kappa shape index (κ2) is 3.83. The van der Waals surface area contributed by atoms with E-state index in [1.165, 1.54) is 0 Å². The van der Waals surface area contributed by atoms with Gasteiger partial charge in [0.15, 0.2) is 0 Å². The second-order valence-corrected chi connectivity index (χ2v) is 4.69. The van der Waals surface area contributed by atoms with Gasteiger partial charge in [-0.2, -0.15) is 0 Å². The van der Waals surface area contributed by atoms with Gasteiger partial charge in [-0.05, 0) is 31.1 Å². The molecule has 1 saturated heterocycles. The lowest BCUT2D eigenvalue weighted by molar-refractivity contribution is -0.139. The molecule has 1 aliphatic carbocycles. The number of hydrogen-bond acceptors (Lipinski definition) is 2. The standard InChI is InChI=1S/C11H17NO3/c1-7(13)12-4-2-8(3-5-12)9-6-10(9)11(14)15/h8-10H,2-6H2,1H3,(H,14,15)/t9-,10+/m0/s1. The minimum absolute atomic E-state index is 0.0983. The van der Waals surface area contributed by atoms with Gasteiger partial charge in [-0.3, -0.25) is 9.59 Å². The monoisotopic (exact) mass is 211 g/mol. The topological polar surface area (TPSA) is 57.6 Å². The molecule has 0 aromatic rings. The number of carbonyl (C=O) groups is 2. The van der Waals surface area contributed by atoms with Crippen molar-refractivity contribution in [3.8, 4) is 0 Å². The van der Waals surface area contributed by atoms with Gasteiger partial charge in [0.05, 0.1) is 5.92 Å². The molecule has 0 unspecified atom stereocenters. The summed E-state index contributed by atoms with van der Waals surface area (Å²) in [6.07, 6.45) is 2.81. The van der Waals surface area contributed by atoms with Gasteiger partial charge in [0.2, 0.25) is 5.91 Å². The molecule has 0 bridgehead atoms. The molecule has 1 saturated carbocycles. The SMILES string of the molecule is CC(=O)N1CCC([C@@H]2C[C@H]2C(=O)O)CC1. The average molecular weight is 211 g/mol. The predicted octanol–water partition coefficient (Wildman–Crippen LogP) is 0.966. The van der Waals surface area contributed by atoms with Crippen molar-refractivity contribution in [2.24, 2.45) is 17.8 Å². The maximum absolute atomic E-state index is 11.1. The van der Waals surface area contributed by atoms with Crippen molar-refractivity contribution in [1.29, 1.82) is 0 Å². The van der Waals surface area contributed by atoms with Crippen LogP contribution in [0.4, 0.5) is 0 Å². The lowest BCUT2D eigenvalue weighted by Crippen LogP contribution is -2.37. The highest BCUT2D eigenvalue weighted by atomic mass is 16.4. The zero-order valence-electron chi connectivity index (χ0n) is 8.98. The number of aliphatic carboxylic acids is 1. The number of amides is 1. The van der Waals surface area contributed by atoms with Crippen molar-refractivity contribution in [1.82, 2.24) is 4.90 Å². The van der Waals surface area contributed by atoms with E-state index in [0.717, 1.165) is 32.4 Å². The number of piperidine rings is 1. The first-order chi connectivity index (χ1) is 7.09. The molecule has 0 aromatic carbocycles. The molecule has 15 heavy (non-hydrogen) atoms. The first kappa shape index (κ1) is 10.5. The van der Waals surface area contributed by atoms with Crippen molar-refractivity contribution >= 4 is 11.9 Å². The molecule has 2 rings (SSSR count). The molecular formula is C11H17NO3. The number of rotatable bonds is 2. The lowest BCUT2D eigenvalue weighted by Gasteiger charge is -2.31. The Morgan fingerprint density at radius 3 is 2.27 bits per heavy atom. The molecular weight excluding hydrogens is 194 g/mol. The van der Waals surface area contributed by atoms with E-state index in [1.54, 1.807) is 6.92 Å². The van der Waals surface area contributed by atoms with E-state index in [2.05, 4.69) is 0 Å². The summed E-state index contributed by atoms with van der Waals surface area (Å²) >= 11 is 0. The van der Waals surface area contributed by atoms with Crippen molar-refractivity contribution in [3.05, 3.63) is 0 Å². The third kappa shape index (κ3) is 2.13. The molecule has 0 aromatic heterocycles. The quantitative estimate of drug-likeness (QED) is 0.740. The molecule has 2 atom stereocenters. The fourth-order valence-electron chi connectivity index (χ4n) is 2.66. The molecule has 1 heterocycles. The van der Waals surface area contributed by atoms with Gasteiger partial charge in [0.1, 0.15) is 0 Å². The Morgan fingerprint density at radius 2 is 1.87 bits per heavy atom. The summed E-state index contributed by atoms with van der Waals surface area (Å²) in [6.45, 7) is 3.21. The summed E-state index contributed by atoms with van der Waals surface area (Å²) in [7, 11) is 0. The highest BCUT2D eigenvalue weighted by Gasteiger charge is 2.48. The van der Waals surface area contributed by atoms with Crippen molar-refractivity contribution in [3.63, 3.8) is 0 Å². The highest BCUT2D eigenvalue weighted by Crippen LogP contribution is 2.47. The van der Waals surface area contributed by atoms with E-state index in [9.17, 15) is 9.59 Å². The molecule has 4 nitrogen and oxygen atoms in total. The summed E-state index contributed by atoms with van der Waals surface area (Å²) in [5.74, 6) is 0.310. The Bertz CT molecular complexity index is 282. The number of carboxylic acid groups (broad SMARTS) is 1. The van der Waals surface area contributed by atoms with Gasteiger partial charge in [0.25, 0.3) is 0 Å². The number of hydrogen-bond donors (Lipinski definition) is 1. The van der Waals surface area contributed by atoms with Crippen LogP contribution in [0.2, 0.25) is 0 Å². The number of carboxylic acids is 1. The molecule has 2 fully saturated rings. The van der Waals surface area contributed by atoms with Gasteiger partial charge in [-0.1, -0.05) is 0 Å². The highest BCUT2D eigenvalue weighted by molar-refractivity contribution is 5.74. The van der Waals surface area contributed by atoms with Gasteiger partial charge in [0, 0.05) is 20.0 Å². The van der Waals surface area contributed by atoms with Crippen LogP contribution in [0.3, 0.4) is 0 Å². The Kier molecular flexibility index (Phi) is 2.67. The van der Waals surface area contributed by atoms with Crippen LogP contribution in [0, 0.1) is 17.8 Å². The third-order valence-corrected chi connectivity index (χ3v) is 3.75. The molecule has 4 heteroatoms. The van der Waals surface area contributed by atoms with Crippen LogP contribution in [0.1, 0.15) is 26.2 Å². The molecule has 1 N–H and O–H groups in total. The van der Waals surface area contributed by atoms with Crippen molar-refractivity contribution in [2.75, 3.05) is 13.1 Å². The molecule has 0 spiro atoms. The molecule has 2 aliphatic rings. The van der Waals surface area contributed by atoms with Crippen LogP contribution in [-0.4, -0.2) is 35.0 Å². The average Bonchev–Trinajstić information content (AvgIpc) is 2.97. The number of nitrogens with zero attached hydrogens (tertiary/aromatic N) is 1. The Hall–Kier alpha value is -1.06. The van der Waals surface area contributed by atoms with Crippen LogP contribution in [0.25, 0.3) is 0 Å². The first-order valence-corrected chi connectivity index (χ1v) is 5.58.